The summed E-state index contributed by atoms with van der Waals surface area (Å²) in [7, 11) is 0. The zero-order chi connectivity index (χ0) is 13.9. The van der Waals surface area contributed by atoms with Crippen LogP contribution < -0.4 is 5.32 Å². The predicted octanol–water partition coefficient (Wildman–Crippen LogP) is 3.32. The molecule has 0 aromatic carbocycles. The molecule has 1 aromatic heterocycles. The quantitative estimate of drug-likeness (QED) is 0.851. The van der Waals surface area contributed by atoms with E-state index in [1.807, 2.05) is 0 Å². The van der Waals surface area contributed by atoms with Gasteiger partial charge in [0.25, 0.3) is 0 Å². The molecule has 4 nitrogen and oxygen atoms in total. The first kappa shape index (κ1) is 14.9. The molecule has 6 heteroatoms. The van der Waals surface area contributed by atoms with Gasteiger partial charge in [-0.05, 0) is 55.3 Å². The summed E-state index contributed by atoms with van der Waals surface area (Å²) in [5.41, 5.74) is 0.288. The molecule has 1 amide bonds. The lowest BCUT2D eigenvalue weighted by Crippen LogP contribution is -2.32. The van der Waals surface area contributed by atoms with E-state index in [1.54, 1.807) is 27.7 Å². The number of hydrogen-bond acceptors (Lipinski definition) is 3. The normalized spacial score (nSPS) is 11.2. The van der Waals surface area contributed by atoms with Gasteiger partial charge in [-0.25, -0.2) is 14.2 Å². The summed E-state index contributed by atoms with van der Waals surface area (Å²) >= 11 is 3.21. The van der Waals surface area contributed by atoms with Gasteiger partial charge in [0.2, 0.25) is 0 Å². The number of ether oxygens (including phenoxy) is 1. The topological polar surface area (TPSA) is 51.2 Å². The summed E-state index contributed by atoms with van der Waals surface area (Å²) in [4.78, 5) is 15.4. The molecule has 0 fully saturated rings. The third-order valence-electron chi connectivity index (χ3n) is 1.98. The average Bonchev–Trinajstić information content (AvgIpc) is 2.19. The number of nitrogens with zero attached hydrogens (tertiary/aromatic N) is 1. The Morgan fingerprint density at radius 1 is 1.56 bits per heavy atom. The second-order valence-corrected chi connectivity index (χ2v) is 5.63. The highest BCUT2D eigenvalue weighted by molar-refractivity contribution is 9.10. The van der Waals surface area contributed by atoms with Crippen LogP contribution in [0.15, 0.2) is 10.7 Å². The number of rotatable bonds is 2. The number of halogens is 2. The molecule has 100 valence electrons. The van der Waals surface area contributed by atoms with Crippen LogP contribution in [0.3, 0.4) is 0 Å². The average molecular weight is 319 g/mol. The summed E-state index contributed by atoms with van der Waals surface area (Å²) in [5.74, 6) is -0.452. The van der Waals surface area contributed by atoms with Gasteiger partial charge in [-0.1, -0.05) is 0 Å². The largest absolute Gasteiger partial charge is 0.444 e. The van der Waals surface area contributed by atoms with Crippen LogP contribution >= 0.6 is 15.9 Å². The maximum atomic E-state index is 13.5. The Morgan fingerprint density at radius 3 is 2.72 bits per heavy atom. The minimum atomic E-state index is -0.597. The Morgan fingerprint density at radius 2 is 2.17 bits per heavy atom. The van der Waals surface area contributed by atoms with Crippen molar-refractivity contribution < 1.29 is 13.9 Å². The molecule has 0 aliphatic heterocycles. The monoisotopic (exact) mass is 318 g/mol. The van der Waals surface area contributed by atoms with E-state index in [1.165, 1.54) is 6.07 Å². The van der Waals surface area contributed by atoms with Crippen LogP contribution in [-0.2, 0) is 11.3 Å². The number of nitrogens with one attached hydrogen (secondary N) is 1. The Kier molecular flexibility index (Phi) is 4.67. The molecule has 1 N–H and O–H groups in total. The minimum Gasteiger partial charge on any atom is -0.444 e. The summed E-state index contributed by atoms with van der Waals surface area (Å²) in [5, 5.41) is 2.46. The van der Waals surface area contributed by atoms with Gasteiger partial charge in [0.15, 0.2) is 0 Å². The highest BCUT2D eigenvalue weighted by Gasteiger charge is 2.16. The zero-order valence-corrected chi connectivity index (χ0v) is 12.4. The number of amides is 1. The van der Waals surface area contributed by atoms with E-state index in [9.17, 15) is 9.18 Å². The molecule has 1 rings (SSSR count). The van der Waals surface area contributed by atoms with E-state index in [0.29, 0.717) is 10.2 Å². The van der Waals surface area contributed by atoms with Crippen molar-refractivity contribution in [1.82, 2.24) is 10.3 Å². The molecule has 0 bridgehead atoms. The predicted molar refractivity (Wildman–Crippen MR) is 69.7 cm³/mol. The number of alkyl carbamates (subject to hydrolysis) is 1. The first-order chi connectivity index (χ1) is 8.19. The van der Waals surface area contributed by atoms with Crippen molar-refractivity contribution in [3.8, 4) is 0 Å². The van der Waals surface area contributed by atoms with Crippen LogP contribution in [0.5, 0.6) is 0 Å². The Hall–Kier alpha value is -1.17. The first-order valence-electron chi connectivity index (χ1n) is 5.47. The molecule has 0 aliphatic rings. The van der Waals surface area contributed by atoms with Crippen molar-refractivity contribution in [1.29, 1.82) is 0 Å². The third kappa shape index (κ3) is 4.60. The fourth-order valence-corrected chi connectivity index (χ4v) is 1.52. The van der Waals surface area contributed by atoms with E-state index < -0.39 is 17.5 Å². The highest BCUT2D eigenvalue weighted by atomic mass is 79.9. The van der Waals surface area contributed by atoms with Crippen molar-refractivity contribution in [2.24, 2.45) is 0 Å². The lowest BCUT2D eigenvalue weighted by atomic mass is 10.2. The standard InChI is InChI=1S/C12H16BrFN2O2/c1-7-5-8(14)9(16-10(7)13)6-15-11(17)18-12(2,3)4/h5H,6H2,1-4H3,(H,15,17). The molecule has 0 spiro atoms. The van der Waals surface area contributed by atoms with Crippen LogP contribution in [0.4, 0.5) is 9.18 Å². The second-order valence-electron chi connectivity index (χ2n) is 4.88. The van der Waals surface area contributed by atoms with Crippen LogP contribution in [0.2, 0.25) is 0 Å². The molecule has 1 aromatic rings. The maximum absolute atomic E-state index is 13.5. The van der Waals surface area contributed by atoms with Gasteiger partial charge >= 0.3 is 6.09 Å². The Labute approximate surface area is 114 Å². The summed E-state index contributed by atoms with van der Waals surface area (Å²) in [6.45, 7) is 7.00. The molecular weight excluding hydrogens is 303 g/mol. The third-order valence-corrected chi connectivity index (χ3v) is 2.78. The van der Waals surface area contributed by atoms with Crippen LogP contribution in [0.1, 0.15) is 32.0 Å². The Bertz CT molecular complexity index is 458. The van der Waals surface area contributed by atoms with Gasteiger partial charge in [-0.3, -0.25) is 0 Å². The number of carbonyl (C=O) groups is 1. The van der Waals surface area contributed by atoms with Crippen LogP contribution in [-0.4, -0.2) is 16.7 Å². The number of pyridine rings is 1. The summed E-state index contributed by atoms with van der Waals surface area (Å²) in [6.07, 6.45) is -0.597. The maximum Gasteiger partial charge on any atom is 0.407 e. The van der Waals surface area contributed by atoms with Gasteiger partial charge in [0.1, 0.15) is 16.0 Å². The zero-order valence-electron chi connectivity index (χ0n) is 10.8. The van der Waals surface area contributed by atoms with Crippen molar-refractivity contribution in [3.63, 3.8) is 0 Å². The van der Waals surface area contributed by atoms with Crippen molar-refractivity contribution in [3.05, 3.63) is 27.7 Å². The SMILES string of the molecule is Cc1cc(F)c(CNC(=O)OC(C)(C)C)nc1Br. The number of hydrogen-bond donors (Lipinski definition) is 1. The molecule has 0 atom stereocenters. The van der Waals surface area contributed by atoms with Gasteiger partial charge in [-0.15, -0.1) is 0 Å². The fourth-order valence-electron chi connectivity index (χ4n) is 1.19. The van der Waals surface area contributed by atoms with Crippen LogP contribution in [0, 0.1) is 12.7 Å². The van der Waals surface area contributed by atoms with E-state index >= 15 is 0 Å². The first-order valence-corrected chi connectivity index (χ1v) is 6.27. The molecule has 0 saturated carbocycles. The van der Waals surface area contributed by atoms with Gasteiger partial charge in [0, 0.05) is 0 Å². The summed E-state index contributed by atoms with van der Waals surface area (Å²) in [6, 6.07) is 1.36. The van der Waals surface area contributed by atoms with Gasteiger partial charge in [0.05, 0.1) is 12.2 Å². The lowest BCUT2D eigenvalue weighted by molar-refractivity contribution is 0.0522. The minimum absolute atomic E-state index is 0.0143. The van der Waals surface area contributed by atoms with Crippen molar-refractivity contribution >= 4 is 22.0 Å². The van der Waals surface area contributed by atoms with E-state index in [0.717, 1.165) is 0 Å². The van der Waals surface area contributed by atoms with Gasteiger partial charge in [-0.2, -0.15) is 0 Å². The highest BCUT2D eigenvalue weighted by Crippen LogP contribution is 2.16. The van der Waals surface area contributed by atoms with E-state index in [2.05, 4.69) is 26.2 Å². The lowest BCUT2D eigenvalue weighted by Gasteiger charge is -2.19. The molecule has 0 saturated heterocycles. The van der Waals surface area contributed by atoms with E-state index in [-0.39, 0.29) is 12.2 Å². The van der Waals surface area contributed by atoms with Crippen molar-refractivity contribution in [2.45, 2.75) is 39.8 Å². The molecule has 18 heavy (non-hydrogen) atoms. The smallest absolute Gasteiger partial charge is 0.407 e. The fraction of sp³-hybridized carbons (Fsp3) is 0.500. The van der Waals surface area contributed by atoms with Crippen LogP contribution in [0.25, 0.3) is 0 Å². The molecule has 1 heterocycles. The molecule has 0 aliphatic carbocycles. The number of carbonyl (C=O) groups excluding carboxylic acids is 1. The number of aromatic nitrogens is 1. The van der Waals surface area contributed by atoms with E-state index in [4.69, 9.17) is 4.74 Å². The molecule has 0 unspecified atom stereocenters. The number of aryl methyl sites for hydroxylation is 1. The van der Waals surface area contributed by atoms with Gasteiger partial charge < -0.3 is 10.1 Å². The molecular formula is C12H16BrFN2O2. The van der Waals surface area contributed by atoms with Crippen molar-refractivity contribution in [2.75, 3.05) is 0 Å². The molecule has 0 radical (unpaired) electrons. The Balaban J connectivity index is 2.64. The summed E-state index contributed by atoms with van der Waals surface area (Å²) < 4.78 is 19.1. The second kappa shape index (κ2) is 5.65.